The summed E-state index contributed by atoms with van der Waals surface area (Å²) in [4.78, 5) is 45.8. The molecule has 1 fully saturated rings. The number of nitrogen functional groups attached to an aromatic ring is 1. The standard InChI is InChI=1S/C23H29N5O3/c1-4-27(5-2)22(30)20-18(13-16-11-12-25-19(24)14-16)21(29)28(20)23(31)26-15(3)17-9-7-6-8-10-17/h6-12,14-15,18,20H,4-5,13H2,1-3H3,(H2,24,25)(H,26,31)/t15-,18-,20+/m1/s1. The molecule has 1 aromatic carbocycles. The number of pyridine rings is 1. The van der Waals surface area contributed by atoms with Crippen LogP contribution in [-0.4, -0.2) is 51.8 Å². The fourth-order valence-corrected chi connectivity index (χ4v) is 3.93. The van der Waals surface area contributed by atoms with Crippen LogP contribution in [0.25, 0.3) is 0 Å². The Bertz CT molecular complexity index is 945. The lowest BCUT2D eigenvalue weighted by Gasteiger charge is -2.46. The number of hydrogen-bond acceptors (Lipinski definition) is 5. The highest BCUT2D eigenvalue weighted by molar-refractivity contribution is 6.09. The molecule has 1 aliphatic rings. The molecule has 0 unspecified atom stereocenters. The number of rotatable bonds is 7. The van der Waals surface area contributed by atoms with Crippen LogP contribution in [-0.2, 0) is 16.0 Å². The minimum atomic E-state index is -0.843. The van der Waals surface area contributed by atoms with Crippen LogP contribution in [0.2, 0.25) is 0 Å². The van der Waals surface area contributed by atoms with Crippen LogP contribution in [0.15, 0.2) is 48.7 Å². The molecule has 0 radical (unpaired) electrons. The number of nitrogens with two attached hydrogens (primary N) is 1. The molecule has 1 aliphatic heterocycles. The van der Waals surface area contributed by atoms with Crippen LogP contribution in [0, 0.1) is 5.92 Å². The third-order valence-electron chi connectivity index (χ3n) is 5.70. The van der Waals surface area contributed by atoms with Crippen molar-refractivity contribution in [3.63, 3.8) is 0 Å². The van der Waals surface area contributed by atoms with Gasteiger partial charge in [0.1, 0.15) is 11.9 Å². The van der Waals surface area contributed by atoms with Gasteiger partial charge in [-0.3, -0.25) is 14.5 Å². The second-order valence-electron chi connectivity index (χ2n) is 7.65. The van der Waals surface area contributed by atoms with Crippen molar-refractivity contribution in [2.24, 2.45) is 5.92 Å². The highest BCUT2D eigenvalue weighted by Crippen LogP contribution is 2.32. The summed E-state index contributed by atoms with van der Waals surface area (Å²) in [7, 11) is 0. The van der Waals surface area contributed by atoms with Crippen LogP contribution in [0.3, 0.4) is 0 Å². The number of carbonyl (C=O) groups excluding carboxylic acids is 3. The molecule has 3 N–H and O–H groups in total. The highest BCUT2D eigenvalue weighted by Gasteiger charge is 2.55. The number of carbonyl (C=O) groups is 3. The molecule has 4 amide bonds. The van der Waals surface area contributed by atoms with E-state index in [2.05, 4.69) is 10.3 Å². The number of benzene rings is 1. The van der Waals surface area contributed by atoms with E-state index in [1.54, 1.807) is 23.2 Å². The number of urea groups is 1. The van der Waals surface area contributed by atoms with Gasteiger partial charge in [-0.1, -0.05) is 30.3 Å². The van der Waals surface area contributed by atoms with E-state index in [0.29, 0.717) is 25.3 Å². The van der Waals surface area contributed by atoms with E-state index in [9.17, 15) is 14.4 Å². The Morgan fingerprint density at radius 1 is 1.19 bits per heavy atom. The van der Waals surface area contributed by atoms with Gasteiger partial charge in [0.05, 0.1) is 12.0 Å². The van der Waals surface area contributed by atoms with E-state index in [0.717, 1.165) is 16.0 Å². The lowest BCUT2D eigenvalue weighted by Crippen LogP contribution is -2.70. The molecule has 8 nitrogen and oxygen atoms in total. The summed E-state index contributed by atoms with van der Waals surface area (Å²) in [6.45, 7) is 6.61. The predicted molar refractivity (Wildman–Crippen MR) is 118 cm³/mol. The van der Waals surface area contributed by atoms with Gasteiger partial charge in [-0.2, -0.15) is 0 Å². The molecule has 2 heterocycles. The average Bonchev–Trinajstić information content (AvgIpc) is 2.76. The third-order valence-corrected chi connectivity index (χ3v) is 5.70. The molecule has 1 saturated heterocycles. The molecule has 3 rings (SSSR count). The van der Waals surface area contributed by atoms with Gasteiger partial charge in [-0.25, -0.2) is 9.78 Å². The maximum absolute atomic E-state index is 13.2. The van der Waals surface area contributed by atoms with E-state index in [4.69, 9.17) is 5.73 Å². The first-order valence-corrected chi connectivity index (χ1v) is 10.5. The zero-order chi connectivity index (χ0) is 22.5. The second-order valence-corrected chi connectivity index (χ2v) is 7.65. The average molecular weight is 424 g/mol. The monoisotopic (exact) mass is 423 g/mol. The van der Waals surface area contributed by atoms with Crippen LogP contribution < -0.4 is 11.1 Å². The molecule has 8 heteroatoms. The Labute approximate surface area is 182 Å². The lowest BCUT2D eigenvalue weighted by molar-refractivity contribution is -0.161. The first kappa shape index (κ1) is 22.3. The normalized spacial score (nSPS) is 18.8. The Morgan fingerprint density at radius 2 is 1.87 bits per heavy atom. The molecular formula is C23H29N5O3. The third kappa shape index (κ3) is 4.68. The van der Waals surface area contributed by atoms with Gasteiger partial charge in [-0.15, -0.1) is 0 Å². The zero-order valence-electron chi connectivity index (χ0n) is 18.1. The largest absolute Gasteiger partial charge is 0.384 e. The predicted octanol–water partition coefficient (Wildman–Crippen LogP) is 2.37. The molecule has 31 heavy (non-hydrogen) atoms. The summed E-state index contributed by atoms with van der Waals surface area (Å²) < 4.78 is 0. The van der Waals surface area contributed by atoms with E-state index in [1.807, 2.05) is 51.1 Å². The van der Waals surface area contributed by atoms with Gasteiger partial charge in [0.2, 0.25) is 11.8 Å². The highest BCUT2D eigenvalue weighted by atomic mass is 16.2. The molecule has 0 saturated carbocycles. The minimum absolute atomic E-state index is 0.223. The first-order chi connectivity index (χ1) is 14.9. The molecule has 164 valence electrons. The summed E-state index contributed by atoms with van der Waals surface area (Å²) in [5.74, 6) is -0.854. The topological polar surface area (TPSA) is 109 Å². The van der Waals surface area contributed by atoms with Crippen molar-refractivity contribution in [1.82, 2.24) is 20.1 Å². The number of anilines is 1. The van der Waals surface area contributed by atoms with Crippen LogP contribution in [0.1, 0.15) is 37.9 Å². The van der Waals surface area contributed by atoms with E-state index < -0.39 is 18.0 Å². The van der Waals surface area contributed by atoms with Gasteiger partial charge < -0.3 is 16.0 Å². The van der Waals surface area contributed by atoms with Crippen molar-refractivity contribution in [2.45, 2.75) is 39.3 Å². The van der Waals surface area contributed by atoms with Gasteiger partial charge >= 0.3 is 6.03 Å². The summed E-state index contributed by atoms with van der Waals surface area (Å²) in [5, 5.41) is 2.85. The maximum Gasteiger partial charge on any atom is 0.325 e. The number of amides is 4. The molecule has 3 atom stereocenters. The smallest absolute Gasteiger partial charge is 0.325 e. The molecule has 0 spiro atoms. The zero-order valence-corrected chi connectivity index (χ0v) is 18.1. The molecule has 2 aromatic rings. The van der Waals surface area contributed by atoms with E-state index in [1.165, 1.54) is 0 Å². The fraction of sp³-hybridized carbons (Fsp3) is 0.391. The molecule has 0 aliphatic carbocycles. The summed E-state index contributed by atoms with van der Waals surface area (Å²) >= 11 is 0. The number of hydrogen-bond donors (Lipinski definition) is 2. The summed E-state index contributed by atoms with van der Waals surface area (Å²) in [5.41, 5.74) is 7.48. The van der Waals surface area contributed by atoms with Gasteiger partial charge in [-0.05, 0) is 50.5 Å². The van der Waals surface area contributed by atoms with Gasteiger partial charge in [0, 0.05) is 19.3 Å². The quantitative estimate of drug-likeness (QED) is 0.665. The van der Waals surface area contributed by atoms with Crippen LogP contribution in [0.4, 0.5) is 10.6 Å². The van der Waals surface area contributed by atoms with Crippen LogP contribution in [0.5, 0.6) is 0 Å². The minimum Gasteiger partial charge on any atom is -0.384 e. The Balaban J connectivity index is 1.81. The van der Waals surface area contributed by atoms with Crippen molar-refractivity contribution in [3.05, 3.63) is 59.8 Å². The van der Waals surface area contributed by atoms with Crippen LogP contribution >= 0.6 is 0 Å². The molecule has 1 aromatic heterocycles. The number of likely N-dealkylation sites (tertiary alicyclic amines) is 1. The first-order valence-electron chi connectivity index (χ1n) is 10.5. The fourth-order valence-electron chi connectivity index (χ4n) is 3.93. The number of likely N-dealkylation sites (N-methyl/N-ethyl adjacent to an activating group) is 1. The lowest BCUT2D eigenvalue weighted by atomic mass is 9.81. The summed E-state index contributed by atoms with van der Waals surface area (Å²) in [6, 6.07) is 11.2. The Kier molecular flexibility index (Phi) is 6.89. The summed E-state index contributed by atoms with van der Waals surface area (Å²) in [6.07, 6.45) is 1.89. The number of β-lactam (4-membered cyclic amide) rings is 1. The molecular weight excluding hydrogens is 394 g/mol. The second kappa shape index (κ2) is 9.59. The SMILES string of the molecule is CCN(CC)C(=O)[C@@H]1[C@@H](Cc2ccnc(N)c2)C(=O)N1C(=O)N[C@H](C)c1ccccc1. The van der Waals surface area contributed by atoms with Gasteiger partial charge in [0.15, 0.2) is 0 Å². The van der Waals surface area contributed by atoms with E-state index in [-0.39, 0.29) is 17.9 Å². The number of imide groups is 1. The number of nitrogens with zero attached hydrogens (tertiary/aromatic N) is 3. The number of aromatic nitrogens is 1. The van der Waals surface area contributed by atoms with Crippen molar-refractivity contribution in [3.8, 4) is 0 Å². The van der Waals surface area contributed by atoms with Crippen molar-refractivity contribution < 1.29 is 14.4 Å². The molecule has 0 bridgehead atoms. The van der Waals surface area contributed by atoms with Crippen molar-refractivity contribution in [1.29, 1.82) is 0 Å². The van der Waals surface area contributed by atoms with Gasteiger partial charge in [0.25, 0.3) is 0 Å². The van der Waals surface area contributed by atoms with Crippen molar-refractivity contribution in [2.75, 3.05) is 18.8 Å². The van der Waals surface area contributed by atoms with E-state index >= 15 is 0 Å². The maximum atomic E-state index is 13.2. The van der Waals surface area contributed by atoms with Crippen molar-refractivity contribution >= 4 is 23.7 Å². The Morgan fingerprint density at radius 3 is 2.48 bits per heavy atom. The number of nitrogens with one attached hydrogen (secondary N) is 1. The Hall–Kier alpha value is -3.42.